The van der Waals surface area contributed by atoms with Gasteiger partial charge in [0.1, 0.15) is 55.0 Å². The van der Waals surface area contributed by atoms with Gasteiger partial charge in [-0.05, 0) is 212 Å². The molecule has 0 aliphatic carbocycles. The van der Waals surface area contributed by atoms with Crippen molar-refractivity contribution in [2.45, 2.75) is 244 Å². The molecule has 10 atom stereocenters. The minimum absolute atomic E-state index is 0.0247. The molecule has 0 bridgehead atoms. The summed E-state index contributed by atoms with van der Waals surface area (Å²) >= 11 is 0. The molecule has 0 fully saturated rings. The van der Waals surface area contributed by atoms with E-state index in [2.05, 4.69) is 107 Å². The number of carbonyl (C=O) groups is 5. The third-order valence-corrected chi connectivity index (χ3v) is 34.0. The highest BCUT2D eigenvalue weighted by Crippen LogP contribution is 2.37. The topological polar surface area (TPSA) is 561 Å². The smallest absolute Gasteiger partial charge is 0.242 e. The van der Waals surface area contributed by atoms with Crippen LogP contribution in [-0.4, -0.2) is 180 Å². The quantitative estimate of drug-likeness (QED) is 0.0258. The first-order chi connectivity index (χ1) is 70.4. The lowest BCUT2D eigenvalue weighted by atomic mass is 9.97. The molecular formula is C109H113N15O20S5. The lowest BCUT2D eigenvalue weighted by molar-refractivity contribution is 0.0975. The number of aromatic nitrogens is 5. The molecule has 0 amide bonds. The van der Waals surface area contributed by atoms with E-state index in [1.165, 1.54) is 53.8 Å². The zero-order valence-electron chi connectivity index (χ0n) is 84.4. The molecule has 5 aromatic heterocycles. The first kappa shape index (κ1) is 115. The number of aliphatic hydroxyl groups is 5. The van der Waals surface area contributed by atoms with Gasteiger partial charge in [0, 0.05) is 126 Å². The number of terminal acetylenes is 1. The lowest BCUT2D eigenvalue weighted by Crippen LogP contribution is -2.41. The number of nitriles is 5. The van der Waals surface area contributed by atoms with Gasteiger partial charge in [-0.1, -0.05) is 90.3 Å². The van der Waals surface area contributed by atoms with Crippen molar-refractivity contribution in [3.8, 4) is 90.1 Å². The molecule has 35 nitrogen and oxygen atoms in total. The number of ketones is 5. The van der Waals surface area contributed by atoms with E-state index in [-0.39, 0.29) is 98.3 Å². The Labute approximate surface area is 868 Å². The van der Waals surface area contributed by atoms with Crippen molar-refractivity contribution in [3.05, 3.63) is 262 Å². The number of nitrogens with zero attached hydrogens (tertiary/aromatic N) is 10. The van der Waals surface area contributed by atoms with Crippen molar-refractivity contribution < 1.29 is 91.6 Å². The van der Waals surface area contributed by atoms with E-state index in [0.717, 1.165) is 27.8 Å². The van der Waals surface area contributed by atoms with Crippen molar-refractivity contribution >= 4 is 79.0 Å². The number of nitrogens with one attached hydrogen (secondary N) is 5. The second-order valence-corrected chi connectivity index (χ2v) is 45.2. The van der Waals surface area contributed by atoms with Crippen LogP contribution in [0.5, 0.6) is 0 Å². The SMILES string of the molecule is C#C[C@@H](O)[C@H]1CCc2c(cn(C)c2C(=O)Cc2ccc(C)c(C#N)c2)S(=O)(=O)N1.CC#C[C@@H](O)[C@@H]1CCc2c(cn(C)c2C(=O)Cc2ccc(C)c(C#N)c2)S(=O)(=O)N1.CC#C[C@@H](O)[C@H]1CCc2c(cn(C)c2C(=O)Cc2ccc(C)c(C#N)c2)S(=O)(=O)N1.CC#C[C@H](O)[C@@H]1CCc2c(cn(C)c2C(=O)Cc2ccc(C)c(C#N)c2)S(=O)(=O)N1.CC#C[C@H](O)[C@H]1CCc2c(cn(C)c2C(=O)Cc2ccc(C)c(C#N)c2)S(=O)(=O)N1. The first-order valence-electron chi connectivity index (χ1n) is 47.1. The Hall–Kier alpha value is -14.6. The predicted octanol–water partition coefficient (Wildman–Crippen LogP) is 7.65. The van der Waals surface area contributed by atoms with E-state index in [0.29, 0.717) is 163 Å². The fourth-order valence-electron chi connectivity index (χ4n) is 18.6. The highest BCUT2D eigenvalue weighted by Gasteiger charge is 2.42. The monoisotopic (exact) mass is 2110 g/mol. The molecule has 0 saturated carbocycles. The highest BCUT2D eigenvalue weighted by atomic mass is 32.2. The molecule has 0 radical (unpaired) electrons. The van der Waals surface area contributed by atoms with E-state index < -0.39 is 111 Å². The van der Waals surface area contributed by atoms with Crippen molar-refractivity contribution in [2.24, 2.45) is 35.2 Å². The molecule has 774 valence electrons. The van der Waals surface area contributed by atoms with Crippen LogP contribution in [0.1, 0.15) is 224 Å². The molecule has 0 unspecified atom stereocenters. The normalized spacial score (nSPS) is 18.4. The minimum atomic E-state index is -3.93. The average Bonchev–Trinajstić information content (AvgIpc) is 1.63. The minimum Gasteiger partial charge on any atom is -0.379 e. The maximum absolute atomic E-state index is 13.1. The molecule has 15 rings (SSSR count). The van der Waals surface area contributed by atoms with Crippen molar-refractivity contribution in [2.75, 3.05) is 0 Å². The van der Waals surface area contributed by atoms with Gasteiger partial charge < -0.3 is 48.4 Å². The van der Waals surface area contributed by atoms with Crippen LogP contribution in [0.15, 0.2) is 146 Å². The number of sulfonamides is 5. The third kappa shape index (κ3) is 26.6. The summed E-state index contributed by atoms with van der Waals surface area (Å²) in [5.74, 6) is 21.7. The number of aliphatic hydroxyl groups excluding tert-OH is 5. The maximum atomic E-state index is 13.1. The summed E-state index contributed by atoms with van der Waals surface area (Å²) in [5.41, 5.74) is 13.9. The Morgan fingerprint density at radius 2 is 0.470 bits per heavy atom. The van der Waals surface area contributed by atoms with Crippen LogP contribution in [-0.2, 0) is 150 Å². The maximum Gasteiger partial charge on any atom is 0.242 e. The number of Topliss-reactive ketones (excluding diaryl/α,β-unsaturated/α-hetero) is 5. The van der Waals surface area contributed by atoms with E-state index in [1.807, 2.05) is 34.6 Å². The fourth-order valence-corrected chi connectivity index (χ4v) is 26.6. The van der Waals surface area contributed by atoms with Gasteiger partial charge in [0.25, 0.3) is 0 Å². The van der Waals surface area contributed by atoms with Crippen molar-refractivity contribution in [3.63, 3.8) is 0 Å². The van der Waals surface area contributed by atoms with Gasteiger partial charge in [-0.2, -0.15) is 26.3 Å². The Morgan fingerprint density at radius 3 is 0.617 bits per heavy atom. The summed E-state index contributed by atoms with van der Waals surface area (Å²) in [6, 6.07) is 33.1. The number of rotatable bonds is 20. The standard InChI is InChI=1S/4C22H23N3O4S.C21H21N3O4S/c4*1-4-5-19(26)18-9-8-17-21(30(28,29)24-18)13-25(3)22(17)20(27)11-15-7-6-14(2)16(10-15)12-23;1-4-18(25)17-8-7-16-20(29(27,28)23-17)12-24(3)21(16)19(26)10-14-6-5-13(2)15(9-14)11-22/h4*6-7,10,13,18-19,24,26H,8-9,11H2,1-3H3;1,5-6,9,12,17-18,23,25H,7-8,10H2,2-3H3/t2*18-,19+;2*18-,19-;17-,18-/m10101/s1. The van der Waals surface area contributed by atoms with E-state index >= 15 is 0 Å². The molecule has 0 saturated heterocycles. The molecule has 10 N–H and O–H groups in total. The van der Waals surface area contributed by atoms with Crippen molar-refractivity contribution in [1.29, 1.82) is 26.3 Å². The Morgan fingerprint density at radius 1 is 0.309 bits per heavy atom. The molecule has 5 aromatic carbocycles. The van der Waals surface area contributed by atoms with Gasteiger partial charge in [-0.3, -0.25) is 24.0 Å². The molecule has 10 heterocycles. The summed E-state index contributed by atoms with van der Waals surface area (Å²) in [6.07, 6.45) is 9.94. The van der Waals surface area contributed by atoms with Gasteiger partial charge in [0.2, 0.25) is 50.1 Å². The van der Waals surface area contributed by atoms with Crippen molar-refractivity contribution in [1.82, 2.24) is 46.4 Å². The molecule has 10 aromatic rings. The molecule has 149 heavy (non-hydrogen) atoms. The molecule has 5 aliphatic heterocycles. The number of carbonyl (C=O) groups excluding carboxylic acids is 5. The number of fused-ring (bicyclic) bond motifs is 5. The summed E-state index contributed by atoms with van der Waals surface area (Å²) in [7, 11) is -11.4. The van der Waals surface area contributed by atoms with Crippen LogP contribution in [0, 0.1) is 151 Å². The lowest BCUT2D eigenvalue weighted by Gasteiger charge is -2.17. The second-order valence-electron chi connectivity index (χ2n) is 36.8. The summed E-state index contributed by atoms with van der Waals surface area (Å²) in [6.45, 7) is 15.4. The molecule has 40 heteroatoms. The molecule has 0 spiro atoms. The molecular weight excluding hydrogens is 2000 g/mol. The number of hydrogen-bond donors (Lipinski definition) is 10. The zero-order chi connectivity index (χ0) is 110. The largest absolute Gasteiger partial charge is 0.379 e. The molecule has 5 aliphatic rings. The van der Waals surface area contributed by atoms with Crippen LogP contribution < -0.4 is 23.6 Å². The van der Waals surface area contributed by atoms with Gasteiger partial charge in [0.15, 0.2) is 28.9 Å². The zero-order valence-corrected chi connectivity index (χ0v) is 88.5. The highest BCUT2D eigenvalue weighted by molar-refractivity contribution is 7.90. The number of hydrogen-bond acceptors (Lipinski definition) is 25. The predicted molar refractivity (Wildman–Crippen MR) is 552 cm³/mol. The van der Waals surface area contributed by atoms with Crippen LogP contribution in [0.25, 0.3) is 0 Å². The van der Waals surface area contributed by atoms with Crippen LogP contribution in [0.2, 0.25) is 0 Å². The van der Waals surface area contributed by atoms with E-state index in [9.17, 15) is 118 Å². The third-order valence-electron chi connectivity index (χ3n) is 26.2. The summed E-state index contributed by atoms with van der Waals surface area (Å²) in [4.78, 5) is 65.7. The number of benzene rings is 5. The van der Waals surface area contributed by atoms with Gasteiger partial charge in [-0.25, -0.2) is 65.7 Å². The Bertz CT molecular complexity index is 7450. The summed E-state index contributed by atoms with van der Waals surface area (Å²) in [5, 5.41) is 96.6. The Kier molecular flexibility index (Phi) is 37.4. The first-order valence-corrected chi connectivity index (χ1v) is 54.5. The van der Waals surface area contributed by atoms with E-state index in [4.69, 9.17) is 6.42 Å². The van der Waals surface area contributed by atoms with Gasteiger partial charge >= 0.3 is 0 Å². The van der Waals surface area contributed by atoms with Gasteiger partial charge in [0.05, 0.1) is 117 Å². The second kappa shape index (κ2) is 48.6. The summed E-state index contributed by atoms with van der Waals surface area (Å²) < 4.78 is 148. The van der Waals surface area contributed by atoms with Gasteiger partial charge in [-0.15, -0.1) is 30.1 Å². The number of aryl methyl sites for hydroxylation is 10. The van der Waals surface area contributed by atoms with Crippen LogP contribution >= 0.6 is 0 Å². The van der Waals surface area contributed by atoms with Crippen LogP contribution in [0.4, 0.5) is 0 Å². The Balaban J connectivity index is 0.000000177. The fraction of sp³-hybridized carbons (Fsp3) is 0.358. The van der Waals surface area contributed by atoms with Crippen LogP contribution in [0.3, 0.4) is 0 Å². The average molecular weight is 2110 g/mol. The van der Waals surface area contributed by atoms with E-state index in [1.54, 1.807) is 154 Å².